The Balaban J connectivity index is 2.57. The topological polar surface area (TPSA) is 66.5 Å². The van der Waals surface area contributed by atoms with Gasteiger partial charge in [0, 0.05) is 5.70 Å². The van der Waals surface area contributed by atoms with Crippen molar-refractivity contribution in [2.75, 3.05) is 11.6 Å². The number of anilines is 1. The van der Waals surface area contributed by atoms with E-state index in [9.17, 15) is 0 Å². The molecule has 0 saturated carbocycles. The summed E-state index contributed by atoms with van der Waals surface area (Å²) in [5.74, 6) is 0.717. The van der Waals surface area contributed by atoms with Crippen LogP contribution in [0.25, 0.3) is 11.2 Å². The molecule has 6 heteroatoms. The molecule has 0 bridgehead atoms. The van der Waals surface area contributed by atoms with Crippen LogP contribution in [0.15, 0.2) is 23.8 Å². The number of hydrogen-bond donors (Lipinski definition) is 2. The van der Waals surface area contributed by atoms with Gasteiger partial charge in [-0.05, 0) is 13.2 Å². The predicted molar refractivity (Wildman–Crippen MR) is 61.9 cm³/mol. The minimum absolute atomic E-state index is 0.665. The molecular formula is C9H11N5S. The van der Waals surface area contributed by atoms with Crippen LogP contribution in [0, 0.1) is 0 Å². The van der Waals surface area contributed by atoms with Gasteiger partial charge in [-0.2, -0.15) is 0 Å². The number of nitrogens with one attached hydrogen (secondary N) is 2. The lowest BCUT2D eigenvalue weighted by atomic mass is 10.4. The van der Waals surface area contributed by atoms with Gasteiger partial charge < -0.3 is 10.3 Å². The highest BCUT2D eigenvalue weighted by molar-refractivity contribution is 7.98. The highest BCUT2D eigenvalue weighted by Crippen LogP contribution is 2.21. The smallest absolute Gasteiger partial charge is 0.191 e. The van der Waals surface area contributed by atoms with E-state index in [4.69, 9.17) is 0 Å². The van der Waals surface area contributed by atoms with Gasteiger partial charge in [0.15, 0.2) is 16.6 Å². The lowest BCUT2D eigenvalue weighted by Gasteiger charge is -2.05. The van der Waals surface area contributed by atoms with E-state index in [1.807, 2.05) is 13.2 Å². The molecule has 0 spiro atoms. The number of aromatic amines is 1. The Labute approximate surface area is 91.4 Å². The number of fused-ring (bicyclic) bond motifs is 1. The first-order valence-electron chi connectivity index (χ1n) is 4.38. The van der Waals surface area contributed by atoms with Gasteiger partial charge in [-0.1, -0.05) is 18.3 Å². The first-order chi connectivity index (χ1) is 7.20. The maximum atomic E-state index is 4.34. The van der Waals surface area contributed by atoms with E-state index >= 15 is 0 Å². The summed E-state index contributed by atoms with van der Waals surface area (Å²) in [5, 5.41) is 3.77. The molecule has 2 aromatic rings. The molecule has 15 heavy (non-hydrogen) atoms. The molecular weight excluding hydrogens is 210 g/mol. The van der Waals surface area contributed by atoms with E-state index in [0.717, 1.165) is 11.2 Å². The van der Waals surface area contributed by atoms with Gasteiger partial charge in [-0.3, -0.25) is 0 Å². The van der Waals surface area contributed by atoms with E-state index < -0.39 is 0 Å². The summed E-state index contributed by atoms with van der Waals surface area (Å²) in [7, 11) is 0. The summed E-state index contributed by atoms with van der Waals surface area (Å²) in [6.07, 6.45) is 3.53. The molecule has 78 valence electrons. The van der Waals surface area contributed by atoms with E-state index in [1.165, 1.54) is 11.8 Å². The van der Waals surface area contributed by atoms with Gasteiger partial charge in [0.2, 0.25) is 0 Å². The van der Waals surface area contributed by atoms with Crippen LogP contribution in [-0.2, 0) is 0 Å². The molecule has 2 aromatic heterocycles. The number of rotatable bonds is 3. The second-order valence-corrected chi connectivity index (χ2v) is 3.84. The molecule has 0 aromatic carbocycles. The molecule has 0 atom stereocenters. The zero-order chi connectivity index (χ0) is 10.8. The maximum Gasteiger partial charge on any atom is 0.191 e. The third-order valence-corrected chi connectivity index (χ3v) is 2.33. The van der Waals surface area contributed by atoms with Gasteiger partial charge in [0.1, 0.15) is 5.52 Å². The number of H-pyrrole nitrogens is 1. The summed E-state index contributed by atoms with van der Waals surface area (Å²) in [6.45, 7) is 5.66. The fraction of sp³-hybridized carbons (Fsp3) is 0.222. The van der Waals surface area contributed by atoms with Crippen LogP contribution in [0.5, 0.6) is 0 Å². The second kappa shape index (κ2) is 3.90. The monoisotopic (exact) mass is 221 g/mol. The molecule has 5 nitrogen and oxygen atoms in total. The first-order valence-corrected chi connectivity index (χ1v) is 5.61. The van der Waals surface area contributed by atoms with Crippen LogP contribution in [0.4, 0.5) is 5.82 Å². The minimum atomic E-state index is 0.665. The SMILES string of the molecule is C=C(C)Nc1nc(SC)nc2nc[nH]c12. The van der Waals surface area contributed by atoms with Gasteiger partial charge in [0.05, 0.1) is 6.33 Å². The second-order valence-electron chi connectivity index (χ2n) is 3.07. The number of imidazole rings is 1. The molecule has 0 amide bonds. The molecule has 0 aliphatic carbocycles. The average Bonchev–Trinajstić information content (AvgIpc) is 2.64. The number of nitrogens with zero attached hydrogens (tertiary/aromatic N) is 3. The summed E-state index contributed by atoms with van der Waals surface area (Å²) < 4.78 is 0. The zero-order valence-electron chi connectivity index (χ0n) is 8.53. The van der Waals surface area contributed by atoms with Crippen molar-refractivity contribution in [3.63, 3.8) is 0 Å². The van der Waals surface area contributed by atoms with Gasteiger partial charge in [-0.15, -0.1) is 0 Å². The summed E-state index contributed by atoms with van der Waals surface area (Å²) in [5.41, 5.74) is 2.30. The summed E-state index contributed by atoms with van der Waals surface area (Å²) in [4.78, 5) is 15.7. The lowest BCUT2D eigenvalue weighted by molar-refractivity contribution is 0.997. The number of allylic oxidation sites excluding steroid dienone is 1. The molecule has 0 radical (unpaired) electrons. The van der Waals surface area contributed by atoms with Crippen LogP contribution in [0.3, 0.4) is 0 Å². The normalized spacial score (nSPS) is 10.5. The molecule has 0 aliphatic heterocycles. The number of aromatic nitrogens is 4. The van der Waals surface area contributed by atoms with Crippen molar-refractivity contribution >= 4 is 28.7 Å². The largest absolute Gasteiger partial charge is 0.343 e. The fourth-order valence-electron chi connectivity index (χ4n) is 1.20. The third-order valence-electron chi connectivity index (χ3n) is 1.78. The number of thioether (sulfide) groups is 1. The van der Waals surface area contributed by atoms with Crippen molar-refractivity contribution in [1.82, 2.24) is 19.9 Å². The Morgan fingerprint density at radius 2 is 2.33 bits per heavy atom. The van der Waals surface area contributed by atoms with Gasteiger partial charge in [0.25, 0.3) is 0 Å². The standard InChI is InChI=1S/C9H11N5S/c1-5(2)12-8-6-7(11-4-10-6)13-9(14-8)15-3/h4H,1H2,2-3H3,(H2,10,11,12,13,14). The quantitative estimate of drug-likeness (QED) is 0.613. The third kappa shape index (κ3) is 1.94. The molecule has 2 rings (SSSR count). The van der Waals surface area contributed by atoms with Crippen LogP contribution in [0.2, 0.25) is 0 Å². The van der Waals surface area contributed by atoms with Crippen molar-refractivity contribution in [2.24, 2.45) is 0 Å². The average molecular weight is 221 g/mol. The van der Waals surface area contributed by atoms with Crippen molar-refractivity contribution in [2.45, 2.75) is 12.1 Å². The van der Waals surface area contributed by atoms with E-state index in [0.29, 0.717) is 16.6 Å². The van der Waals surface area contributed by atoms with Gasteiger partial charge >= 0.3 is 0 Å². The molecule has 0 saturated heterocycles. The Bertz CT molecular complexity index is 504. The molecule has 0 aliphatic rings. The molecule has 2 N–H and O–H groups in total. The van der Waals surface area contributed by atoms with Crippen molar-refractivity contribution in [3.05, 3.63) is 18.6 Å². The molecule has 0 unspecified atom stereocenters. The van der Waals surface area contributed by atoms with Crippen LogP contribution in [0.1, 0.15) is 6.92 Å². The van der Waals surface area contributed by atoms with Gasteiger partial charge in [-0.25, -0.2) is 15.0 Å². The highest BCUT2D eigenvalue weighted by Gasteiger charge is 2.08. The van der Waals surface area contributed by atoms with Crippen LogP contribution in [-0.4, -0.2) is 26.2 Å². The first kappa shape index (κ1) is 9.97. The van der Waals surface area contributed by atoms with Crippen molar-refractivity contribution in [1.29, 1.82) is 0 Å². The zero-order valence-corrected chi connectivity index (χ0v) is 9.35. The van der Waals surface area contributed by atoms with Crippen molar-refractivity contribution in [3.8, 4) is 0 Å². The lowest BCUT2D eigenvalue weighted by Crippen LogP contribution is -2.00. The van der Waals surface area contributed by atoms with Crippen LogP contribution >= 0.6 is 11.8 Å². The van der Waals surface area contributed by atoms with E-state index in [2.05, 4.69) is 31.8 Å². The maximum absolute atomic E-state index is 4.34. The Morgan fingerprint density at radius 1 is 1.53 bits per heavy atom. The highest BCUT2D eigenvalue weighted by atomic mass is 32.2. The minimum Gasteiger partial charge on any atom is -0.343 e. The molecule has 0 fully saturated rings. The number of hydrogen-bond acceptors (Lipinski definition) is 5. The Morgan fingerprint density at radius 3 is 3.00 bits per heavy atom. The van der Waals surface area contributed by atoms with Crippen molar-refractivity contribution < 1.29 is 0 Å². The Kier molecular flexibility index (Phi) is 2.59. The summed E-state index contributed by atoms with van der Waals surface area (Å²) >= 11 is 1.48. The Hall–Kier alpha value is -1.56. The van der Waals surface area contributed by atoms with E-state index in [-0.39, 0.29) is 0 Å². The summed E-state index contributed by atoms with van der Waals surface area (Å²) in [6, 6.07) is 0. The fourth-order valence-corrected chi connectivity index (χ4v) is 1.56. The van der Waals surface area contributed by atoms with Crippen LogP contribution < -0.4 is 5.32 Å². The molecule has 2 heterocycles. The predicted octanol–water partition coefficient (Wildman–Crippen LogP) is 2.02. The van der Waals surface area contributed by atoms with E-state index in [1.54, 1.807) is 6.33 Å².